The maximum absolute atomic E-state index is 12.4. The maximum atomic E-state index is 12.4. The van der Waals surface area contributed by atoms with E-state index < -0.39 is 30.0 Å². The number of carbonyl (C=O) groups is 2. The largest absolute Gasteiger partial charge is 0.573 e. The summed E-state index contributed by atoms with van der Waals surface area (Å²) in [6.07, 6.45) is -5.09. The second kappa shape index (κ2) is 5.97. The van der Waals surface area contributed by atoms with Gasteiger partial charge < -0.3 is 19.6 Å². The van der Waals surface area contributed by atoms with Crippen LogP contribution in [-0.2, 0) is 9.59 Å². The van der Waals surface area contributed by atoms with Crippen LogP contribution in [0.2, 0.25) is 0 Å². The molecule has 2 aliphatic heterocycles. The van der Waals surface area contributed by atoms with Crippen LogP contribution in [-0.4, -0.2) is 53.9 Å². The highest BCUT2D eigenvalue weighted by Gasteiger charge is 2.42. The van der Waals surface area contributed by atoms with Crippen LogP contribution in [0.25, 0.3) is 0 Å². The normalized spacial score (nSPS) is 21.8. The molecule has 0 spiro atoms. The van der Waals surface area contributed by atoms with Crippen LogP contribution in [0.3, 0.4) is 0 Å². The fraction of sp³-hybridized carbons (Fsp3) is 0.467. The zero-order valence-electron chi connectivity index (χ0n) is 12.5. The molecule has 2 saturated heterocycles. The predicted octanol–water partition coefficient (Wildman–Crippen LogP) is 1.14. The summed E-state index contributed by atoms with van der Waals surface area (Å²) in [6.45, 7) is 0.649. The Morgan fingerprint density at radius 2 is 2.00 bits per heavy atom. The van der Waals surface area contributed by atoms with Gasteiger partial charge in [-0.3, -0.25) is 9.59 Å². The second-order valence-corrected chi connectivity index (χ2v) is 5.77. The summed E-state index contributed by atoms with van der Waals surface area (Å²) in [5.74, 6) is -2.08. The molecular weight excluding hydrogens is 329 g/mol. The van der Waals surface area contributed by atoms with Gasteiger partial charge in [-0.2, -0.15) is 0 Å². The Morgan fingerprint density at radius 1 is 1.29 bits per heavy atom. The highest BCUT2D eigenvalue weighted by molar-refractivity contribution is 6.09. The molecular formula is C15H15F3N2O4. The first-order valence-corrected chi connectivity index (χ1v) is 7.38. The molecule has 2 fully saturated rings. The summed E-state index contributed by atoms with van der Waals surface area (Å²) in [7, 11) is 0. The summed E-state index contributed by atoms with van der Waals surface area (Å²) in [4.78, 5) is 27.3. The Hall–Kier alpha value is -2.29. The SMILES string of the molecule is O=C(C1CCN(c2cccc(OC(F)(F)F)c2)C1=O)N1CC(O)C1. The number of hydrogen-bond donors (Lipinski definition) is 1. The second-order valence-electron chi connectivity index (χ2n) is 5.77. The van der Waals surface area contributed by atoms with Crippen LogP contribution in [0.1, 0.15) is 6.42 Å². The van der Waals surface area contributed by atoms with Gasteiger partial charge in [-0.1, -0.05) is 6.07 Å². The van der Waals surface area contributed by atoms with E-state index in [4.69, 9.17) is 0 Å². The Balaban J connectivity index is 1.71. The minimum atomic E-state index is -4.81. The minimum absolute atomic E-state index is 0.206. The third kappa shape index (κ3) is 3.30. The summed E-state index contributed by atoms with van der Waals surface area (Å²) in [5, 5.41) is 9.23. The van der Waals surface area contributed by atoms with E-state index in [1.165, 1.54) is 21.9 Å². The fourth-order valence-electron chi connectivity index (χ4n) is 2.87. The Bertz CT molecular complexity index is 658. The lowest BCUT2D eigenvalue weighted by atomic mass is 10.0. The third-order valence-corrected chi connectivity index (χ3v) is 4.04. The van der Waals surface area contributed by atoms with Gasteiger partial charge >= 0.3 is 6.36 Å². The van der Waals surface area contributed by atoms with Crippen molar-refractivity contribution in [3.63, 3.8) is 0 Å². The molecule has 0 aromatic heterocycles. The zero-order valence-corrected chi connectivity index (χ0v) is 12.5. The smallest absolute Gasteiger partial charge is 0.406 e. The van der Waals surface area contributed by atoms with E-state index >= 15 is 0 Å². The van der Waals surface area contributed by atoms with Gasteiger partial charge in [-0.15, -0.1) is 13.2 Å². The van der Waals surface area contributed by atoms with Crippen molar-refractivity contribution in [1.29, 1.82) is 0 Å². The predicted molar refractivity (Wildman–Crippen MR) is 76.2 cm³/mol. The number of anilines is 1. The molecule has 3 rings (SSSR count). The van der Waals surface area contributed by atoms with E-state index in [-0.39, 0.29) is 37.6 Å². The van der Waals surface area contributed by atoms with Gasteiger partial charge in [0, 0.05) is 31.4 Å². The molecule has 0 saturated carbocycles. The zero-order chi connectivity index (χ0) is 17.5. The average Bonchev–Trinajstić information content (AvgIpc) is 2.83. The van der Waals surface area contributed by atoms with Crippen molar-refractivity contribution in [2.75, 3.05) is 24.5 Å². The van der Waals surface area contributed by atoms with Crippen molar-refractivity contribution in [1.82, 2.24) is 4.90 Å². The maximum Gasteiger partial charge on any atom is 0.573 e. The van der Waals surface area contributed by atoms with E-state index in [1.807, 2.05) is 0 Å². The number of β-amino-alcohol motifs (C(OH)–C–C–N with tert-alkyl or cyclic N) is 1. The van der Waals surface area contributed by atoms with Crippen LogP contribution in [0.15, 0.2) is 24.3 Å². The number of rotatable bonds is 3. The standard InChI is InChI=1S/C15H15F3N2O4/c16-15(17,18)24-11-3-1-2-9(6-11)20-5-4-12(14(20)23)13(22)19-7-10(21)8-19/h1-3,6,10,12,21H,4-5,7-8H2. The number of likely N-dealkylation sites (tertiary alicyclic amines) is 1. The van der Waals surface area contributed by atoms with Crippen molar-refractivity contribution >= 4 is 17.5 Å². The molecule has 130 valence electrons. The Kier molecular flexibility index (Phi) is 4.12. The van der Waals surface area contributed by atoms with Crippen LogP contribution in [0, 0.1) is 5.92 Å². The van der Waals surface area contributed by atoms with Crippen molar-refractivity contribution in [2.45, 2.75) is 18.9 Å². The number of carbonyl (C=O) groups excluding carboxylic acids is 2. The Labute approximate surface area is 135 Å². The monoisotopic (exact) mass is 344 g/mol. The molecule has 0 bridgehead atoms. The molecule has 2 aliphatic rings. The first kappa shape index (κ1) is 16.6. The lowest BCUT2D eigenvalue weighted by Crippen LogP contribution is -2.56. The molecule has 0 radical (unpaired) electrons. The summed E-state index contributed by atoms with van der Waals surface area (Å²) in [6, 6.07) is 5.10. The van der Waals surface area contributed by atoms with Crippen LogP contribution < -0.4 is 9.64 Å². The number of nitrogens with zero attached hydrogens (tertiary/aromatic N) is 2. The van der Waals surface area contributed by atoms with Gasteiger partial charge in [-0.25, -0.2) is 0 Å². The number of ether oxygens (including phenoxy) is 1. The minimum Gasteiger partial charge on any atom is -0.406 e. The molecule has 6 nitrogen and oxygen atoms in total. The van der Waals surface area contributed by atoms with Crippen LogP contribution in [0.5, 0.6) is 5.75 Å². The quantitative estimate of drug-likeness (QED) is 0.835. The van der Waals surface area contributed by atoms with Crippen LogP contribution in [0.4, 0.5) is 18.9 Å². The summed E-state index contributed by atoms with van der Waals surface area (Å²) in [5.41, 5.74) is 0.251. The molecule has 1 aromatic rings. The molecule has 9 heteroatoms. The Morgan fingerprint density at radius 3 is 2.62 bits per heavy atom. The summed E-state index contributed by atoms with van der Waals surface area (Å²) >= 11 is 0. The molecule has 2 amide bonds. The third-order valence-electron chi connectivity index (χ3n) is 4.04. The first-order valence-electron chi connectivity index (χ1n) is 7.38. The van der Waals surface area contributed by atoms with Crippen molar-refractivity contribution in [2.24, 2.45) is 5.92 Å². The van der Waals surface area contributed by atoms with Crippen molar-refractivity contribution in [3.05, 3.63) is 24.3 Å². The number of aliphatic hydroxyl groups excluding tert-OH is 1. The van der Waals surface area contributed by atoms with E-state index in [1.54, 1.807) is 0 Å². The number of amides is 2. The average molecular weight is 344 g/mol. The molecule has 0 aliphatic carbocycles. The van der Waals surface area contributed by atoms with Gasteiger partial charge in [0.25, 0.3) is 0 Å². The number of benzene rings is 1. The fourth-order valence-corrected chi connectivity index (χ4v) is 2.87. The highest BCUT2D eigenvalue weighted by atomic mass is 19.4. The molecule has 1 unspecified atom stereocenters. The molecule has 1 N–H and O–H groups in total. The number of halogens is 3. The molecule has 24 heavy (non-hydrogen) atoms. The van der Waals surface area contributed by atoms with Gasteiger partial charge in [0.05, 0.1) is 6.10 Å². The molecule has 1 aromatic carbocycles. The number of alkyl halides is 3. The van der Waals surface area contributed by atoms with Gasteiger partial charge in [0.1, 0.15) is 11.7 Å². The van der Waals surface area contributed by atoms with Gasteiger partial charge in [0.2, 0.25) is 11.8 Å². The van der Waals surface area contributed by atoms with E-state index in [9.17, 15) is 27.9 Å². The van der Waals surface area contributed by atoms with Crippen molar-refractivity contribution in [3.8, 4) is 5.75 Å². The first-order chi connectivity index (χ1) is 11.2. The van der Waals surface area contributed by atoms with E-state index in [0.29, 0.717) is 0 Å². The number of aliphatic hydroxyl groups is 1. The van der Waals surface area contributed by atoms with E-state index in [2.05, 4.69) is 4.74 Å². The topological polar surface area (TPSA) is 70.1 Å². The molecule has 2 heterocycles. The summed E-state index contributed by atoms with van der Waals surface area (Å²) < 4.78 is 40.7. The van der Waals surface area contributed by atoms with E-state index in [0.717, 1.165) is 12.1 Å². The van der Waals surface area contributed by atoms with Gasteiger partial charge in [-0.05, 0) is 18.6 Å². The van der Waals surface area contributed by atoms with Gasteiger partial charge in [0.15, 0.2) is 0 Å². The number of hydrogen-bond acceptors (Lipinski definition) is 4. The lowest BCUT2D eigenvalue weighted by Gasteiger charge is -2.37. The van der Waals surface area contributed by atoms with Crippen molar-refractivity contribution < 1.29 is 32.6 Å². The molecule has 1 atom stereocenters. The highest BCUT2D eigenvalue weighted by Crippen LogP contribution is 2.31. The van der Waals surface area contributed by atoms with Crippen LogP contribution >= 0.6 is 0 Å². The lowest BCUT2D eigenvalue weighted by molar-refractivity contribution is -0.274.